The fourth-order valence-corrected chi connectivity index (χ4v) is 6.97. The molecule has 2 aromatic heterocycles. The number of amides is 1. The van der Waals surface area contributed by atoms with E-state index < -0.39 is 22.9 Å². The van der Waals surface area contributed by atoms with Crippen LogP contribution in [-0.4, -0.2) is 15.9 Å². The standard InChI is InChI=1S/C25H19ClF3N3OS2/c1-13-30-23-20(16-8-5-9-19(16)34-23)24(31-13)35-21(14-6-3-2-4-7-14)22(33)32-18-11-10-15(26)12-17(18)25(27,28)29/h2-4,6-7,10-12,21H,5,8-9H2,1H3,(H,32,33). The van der Waals surface area contributed by atoms with Crippen LogP contribution >= 0.6 is 34.7 Å². The first-order valence-electron chi connectivity index (χ1n) is 10.9. The zero-order valence-corrected chi connectivity index (χ0v) is 20.8. The number of thiophene rings is 1. The van der Waals surface area contributed by atoms with Gasteiger partial charge in [-0.15, -0.1) is 11.3 Å². The lowest BCUT2D eigenvalue weighted by Crippen LogP contribution is -2.21. The highest BCUT2D eigenvalue weighted by Gasteiger charge is 2.35. The second kappa shape index (κ2) is 9.44. The van der Waals surface area contributed by atoms with Gasteiger partial charge in [-0.1, -0.05) is 53.7 Å². The van der Waals surface area contributed by atoms with Crippen LogP contribution < -0.4 is 5.32 Å². The number of halogens is 4. The van der Waals surface area contributed by atoms with E-state index in [1.54, 1.807) is 42.5 Å². The molecular weight excluding hydrogens is 515 g/mol. The highest BCUT2D eigenvalue weighted by molar-refractivity contribution is 8.00. The number of benzene rings is 2. The van der Waals surface area contributed by atoms with Gasteiger partial charge in [0.25, 0.3) is 0 Å². The van der Waals surface area contributed by atoms with Gasteiger partial charge in [-0.05, 0) is 55.5 Å². The number of anilines is 1. The van der Waals surface area contributed by atoms with Gasteiger partial charge in [-0.25, -0.2) is 9.97 Å². The van der Waals surface area contributed by atoms with Crippen molar-refractivity contribution in [2.24, 2.45) is 0 Å². The Kier molecular flexibility index (Phi) is 6.50. The summed E-state index contributed by atoms with van der Waals surface area (Å²) < 4.78 is 40.9. The van der Waals surface area contributed by atoms with E-state index in [2.05, 4.69) is 15.3 Å². The first kappa shape index (κ1) is 24.1. The van der Waals surface area contributed by atoms with Crippen molar-refractivity contribution in [1.29, 1.82) is 0 Å². The Morgan fingerprint density at radius 2 is 1.91 bits per heavy atom. The van der Waals surface area contributed by atoms with Gasteiger partial charge in [0.1, 0.15) is 20.9 Å². The molecule has 2 heterocycles. The van der Waals surface area contributed by atoms with E-state index in [0.717, 1.165) is 35.5 Å². The number of alkyl halides is 3. The van der Waals surface area contributed by atoms with Crippen molar-refractivity contribution in [3.63, 3.8) is 0 Å². The number of thioether (sulfide) groups is 1. The highest BCUT2D eigenvalue weighted by atomic mass is 35.5. The number of nitrogens with one attached hydrogen (secondary N) is 1. The third kappa shape index (κ3) is 4.90. The van der Waals surface area contributed by atoms with Crippen LogP contribution in [0.5, 0.6) is 0 Å². The summed E-state index contributed by atoms with van der Waals surface area (Å²) in [6.07, 6.45) is -1.68. The summed E-state index contributed by atoms with van der Waals surface area (Å²) in [6, 6.07) is 12.3. The lowest BCUT2D eigenvalue weighted by molar-refractivity contribution is -0.137. The van der Waals surface area contributed by atoms with Crippen molar-refractivity contribution < 1.29 is 18.0 Å². The molecule has 1 aliphatic rings. The maximum absolute atomic E-state index is 13.6. The predicted octanol–water partition coefficient (Wildman–Crippen LogP) is 7.63. The van der Waals surface area contributed by atoms with Crippen LogP contribution in [0.15, 0.2) is 53.6 Å². The van der Waals surface area contributed by atoms with Gasteiger partial charge in [0.2, 0.25) is 5.91 Å². The number of aromatic nitrogens is 2. The number of hydrogen-bond acceptors (Lipinski definition) is 5. The summed E-state index contributed by atoms with van der Waals surface area (Å²) in [5.74, 6) is 0.00881. The molecule has 0 bridgehead atoms. The van der Waals surface area contributed by atoms with Crippen molar-refractivity contribution in [1.82, 2.24) is 9.97 Å². The third-order valence-corrected chi connectivity index (χ3v) is 8.42. The molecule has 0 radical (unpaired) electrons. The number of carbonyl (C=O) groups is 1. The zero-order valence-electron chi connectivity index (χ0n) is 18.4. The smallest absolute Gasteiger partial charge is 0.324 e. The minimum atomic E-state index is -4.67. The molecule has 0 saturated heterocycles. The molecule has 180 valence electrons. The molecule has 4 nitrogen and oxygen atoms in total. The quantitative estimate of drug-likeness (QED) is 0.212. The topological polar surface area (TPSA) is 54.9 Å². The van der Waals surface area contributed by atoms with Gasteiger partial charge in [-0.3, -0.25) is 4.79 Å². The second-order valence-corrected chi connectivity index (χ2v) is 10.8. The van der Waals surface area contributed by atoms with Gasteiger partial charge in [0.05, 0.1) is 11.3 Å². The summed E-state index contributed by atoms with van der Waals surface area (Å²) >= 11 is 8.69. The summed E-state index contributed by atoms with van der Waals surface area (Å²) in [6.45, 7) is 1.80. The number of hydrogen-bond donors (Lipinski definition) is 1. The highest BCUT2D eigenvalue weighted by Crippen LogP contribution is 2.45. The maximum atomic E-state index is 13.6. The predicted molar refractivity (Wildman–Crippen MR) is 134 cm³/mol. The SMILES string of the molecule is Cc1nc(SC(C(=O)Nc2ccc(Cl)cc2C(F)(F)F)c2ccccc2)c2c3c(sc2n1)CCC3. The van der Waals surface area contributed by atoms with Gasteiger partial charge < -0.3 is 5.32 Å². The molecule has 1 aliphatic carbocycles. The van der Waals surface area contributed by atoms with Crippen molar-refractivity contribution in [3.05, 3.63) is 80.9 Å². The van der Waals surface area contributed by atoms with Crippen LogP contribution in [0.2, 0.25) is 5.02 Å². The van der Waals surface area contributed by atoms with E-state index in [-0.39, 0.29) is 10.7 Å². The summed E-state index contributed by atoms with van der Waals surface area (Å²) in [5, 5.41) is 3.22. The van der Waals surface area contributed by atoms with Crippen LogP contribution in [0.1, 0.15) is 39.1 Å². The number of fused-ring (bicyclic) bond motifs is 3. The Morgan fingerprint density at radius 3 is 2.66 bits per heavy atom. The Hall–Kier alpha value is -2.62. The fraction of sp³-hybridized carbons (Fsp3) is 0.240. The molecule has 2 aromatic carbocycles. The monoisotopic (exact) mass is 533 g/mol. The minimum Gasteiger partial charge on any atom is -0.324 e. The maximum Gasteiger partial charge on any atom is 0.418 e. The van der Waals surface area contributed by atoms with E-state index >= 15 is 0 Å². The average Bonchev–Trinajstić information content (AvgIpc) is 3.39. The van der Waals surface area contributed by atoms with Crippen LogP contribution in [0, 0.1) is 6.92 Å². The molecule has 1 atom stereocenters. The molecule has 0 aliphatic heterocycles. The van der Waals surface area contributed by atoms with Crippen LogP contribution in [-0.2, 0) is 23.8 Å². The number of aryl methyl sites for hydroxylation is 3. The zero-order chi connectivity index (χ0) is 24.7. The lowest BCUT2D eigenvalue weighted by atomic mass is 10.1. The Bertz CT molecular complexity index is 1420. The van der Waals surface area contributed by atoms with E-state index in [1.807, 2.05) is 6.07 Å². The Balaban J connectivity index is 1.55. The number of carbonyl (C=O) groups excluding carboxylic acids is 1. The molecule has 10 heteroatoms. The van der Waals surface area contributed by atoms with Crippen molar-refractivity contribution >= 4 is 56.5 Å². The van der Waals surface area contributed by atoms with Crippen molar-refractivity contribution in [2.75, 3.05) is 5.32 Å². The van der Waals surface area contributed by atoms with Gasteiger partial charge in [0, 0.05) is 15.3 Å². The minimum absolute atomic E-state index is 0.0607. The summed E-state index contributed by atoms with van der Waals surface area (Å²) in [4.78, 5) is 24.9. The molecule has 5 rings (SSSR count). The summed E-state index contributed by atoms with van der Waals surface area (Å²) in [7, 11) is 0. The van der Waals surface area contributed by atoms with E-state index in [0.29, 0.717) is 16.4 Å². The van der Waals surface area contributed by atoms with E-state index in [1.165, 1.54) is 34.3 Å². The third-order valence-electron chi connectivity index (χ3n) is 5.76. The van der Waals surface area contributed by atoms with Gasteiger partial charge in [-0.2, -0.15) is 13.2 Å². The number of rotatable bonds is 5. The van der Waals surface area contributed by atoms with E-state index in [9.17, 15) is 18.0 Å². The normalized spacial score (nSPS) is 14.2. The molecule has 0 fully saturated rings. The average molecular weight is 534 g/mol. The Labute approximate surface area is 212 Å². The Morgan fingerprint density at radius 1 is 1.14 bits per heavy atom. The largest absolute Gasteiger partial charge is 0.418 e. The first-order chi connectivity index (χ1) is 16.7. The molecule has 1 amide bonds. The molecule has 1 unspecified atom stereocenters. The molecule has 0 spiro atoms. The molecule has 1 N–H and O–H groups in total. The first-order valence-corrected chi connectivity index (χ1v) is 13.0. The van der Waals surface area contributed by atoms with Crippen LogP contribution in [0.4, 0.5) is 18.9 Å². The molecular formula is C25H19ClF3N3OS2. The molecule has 35 heavy (non-hydrogen) atoms. The number of nitrogens with zero attached hydrogens (tertiary/aromatic N) is 2. The van der Waals surface area contributed by atoms with Gasteiger partial charge in [0.15, 0.2) is 0 Å². The van der Waals surface area contributed by atoms with Gasteiger partial charge >= 0.3 is 6.18 Å². The van der Waals surface area contributed by atoms with Crippen molar-refractivity contribution in [3.8, 4) is 0 Å². The fourth-order valence-electron chi connectivity index (χ4n) is 4.22. The van der Waals surface area contributed by atoms with Crippen LogP contribution in [0.3, 0.4) is 0 Å². The van der Waals surface area contributed by atoms with Crippen LogP contribution in [0.25, 0.3) is 10.2 Å². The molecule has 4 aromatic rings. The molecule has 0 saturated carbocycles. The van der Waals surface area contributed by atoms with Crippen molar-refractivity contribution in [2.45, 2.75) is 42.6 Å². The van der Waals surface area contributed by atoms with E-state index in [4.69, 9.17) is 11.6 Å². The summed E-state index contributed by atoms with van der Waals surface area (Å²) in [5.41, 5.74) is 0.547. The lowest BCUT2D eigenvalue weighted by Gasteiger charge is -2.20. The second-order valence-electron chi connectivity index (χ2n) is 8.20.